The lowest BCUT2D eigenvalue weighted by molar-refractivity contribution is 0.185. The monoisotopic (exact) mass is 282 g/mol. The van der Waals surface area contributed by atoms with Gasteiger partial charge in [0.2, 0.25) is 0 Å². The van der Waals surface area contributed by atoms with Crippen LogP contribution in [0.15, 0.2) is 54.6 Å². The molecule has 2 aromatic carbocycles. The number of fused-ring (bicyclic) bond motifs is 1. The van der Waals surface area contributed by atoms with Gasteiger partial charge in [0.15, 0.2) is 0 Å². The van der Waals surface area contributed by atoms with Crippen molar-refractivity contribution in [2.75, 3.05) is 5.32 Å². The Morgan fingerprint density at radius 1 is 1.14 bits per heavy atom. The highest BCUT2D eigenvalue weighted by atomic mass is 16.5. The Labute approximate surface area is 124 Å². The Hall–Kier alpha value is -2.49. The fraction of sp³-hybridized carbons (Fsp3) is 0.235. The van der Waals surface area contributed by atoms with E-state index in [1.165, 1.54) is 5.56 Å². The van der Waals surface area contributed by atoms with Gasteiger partial charge in [0.05, 0.1) is 6.04 Å². The number of benzene rings is 2. The molecule has 2 amide bonds. The highest BCUT2D eigenvalue weighted by Crippen LogP contribution is 2.29. The minimum absolute atomic E-state index is 0.0241. The van der Waals surface area contributed by atoms with Crippen molar-refractivity contribution in [3.63, 3.8) is 0 Å². The fourth-order valence-corrected chi connectivity index (χ4v) is 2.48. The number of urea groups is 1. The van der Waals surface area contributed by atoms with Gasteiger partial charge in [-0.3, -0.25) is 0 Å². The summed E-state index contributed by atoms with van der Waals surface area (Å²) in [5.41, 5.74) is 1.97. The predicted molar refractivity (Wildman–Crippen MR) is 82.6 cm³/mol. The molecule has 0 bridgehead atoms. The maximum Gasteiger partial charge on any atom is 0.319 e. The van der Waals surface area contributed by atoms with Gasteiger partial charge in [-0.25, -0.2) is 4.79 Å². The van der Waals surface area contributed by atoms with Crippen molar-refractivity contribution in [2.24, 2.45) is 0 Å². The van der Waals surface area contributed by atoms with Crippen LogP contribution >= 0.6 is 0 Å². The summed E-state index contributed by atoms with van der Waals surface area (Å²) in [7, 11) is 0. The molecule has 4 nitrogen and oxygen atoms in total. The Morgan fingerprint density at radius 2 is 1.86 bits per heavy atom. The normalized spacial score (nSPS) is 17.5. The quantitative estimate of drug-likeness (QED) is 0.908. The number of ether oxygens (including phenoxy) is 1. The van der Waals surface area contributed by atoms with E-state index in [1.807, 2.05) is 55.5 Å². The number of carbonyl (C=O) groups excluding carboxylic acids is 1. The van der Waals surface area contributed by atoms with Crippen molar-refractivity contribution in [1.82, 2.24) is 5.32 Å². The Balaban J connectivity index is 1.55. The summed E-state index contributed by atoms with van der Waals surface area (Å²) in [4.78, 5) is 12.0. The van der Waals surface area contributed by atoms with Gasteiger partial charge in [0.1, 0.15) is 11.9 Å². The minimum atomic E-state index is -0.215. The standard InChI is InChI=1S/C17H18N2O2/c1-12(16-11-13-7-5-6-10-15(13)21-16)18-17(20)19-14-8-3-2-4-9-14/h2-10,12,16H,11H2,1H3,(H2,18,19,20). The predicted octanol–water partition coefficient (Wildman–Crippen LogP) is 3.20. The Morgan fingerprint density at radius 3 is 2.62 bits per heavy atom. The van der Waals surface area contributed by atoms with Crippen LogP contribution in [0.3, 0.4) is 0 Å². The molecule has 0 aliphatic carbocycles. The van der Waals surface area contributed by atoms with Crippen molar-refractivity contribution in [3.05, 3.63) is 60.2 Å². The lowest BCUT2D eigenvalue weighted by Gasteiger charge is -2.20. The first-order valence-corrected chi connectivity index (χ1v) is 7.09. The second-order valence-corrected chi connectivity index (χ2v) is 5.22. The number of amides is 2. The number of para-hydroxylation sites is 2. The molecule has 1 aliphatic heterocycles. The van der Waals surface area contributed by atoms with Gasteiger partial charge in [-0.15, -0.1) is 0 Å². The molecule has 2 atom stereocenters. The lowest BCUT2D eigenvalue weighted by atomic mass is 10.1. The average molecular weight is 282 g/mol. The van der Waals surface area contributed by atoms with Crippen molar-refractivity contribution < 1.29 is 9.53 Å². The number of hydrogen-bond donors (Lipinski definition) is 2. The highest BCUT2D eigenvalue weighted by molar-refractivity contribution is 5.89. The molecule has 4 heteroatoms. The van der Waals surface area contributed by atoms with Crippen molar-refractivity contribution in [3.8, 4) is 5.75 Å². The number of rotatable bonds is 3. The van der Waals surface area contributed by atoms with Gasteiger partial charge in [0, 0.05) is 12.1 Å². The zero-order valence-electron chi connectivity index (χ0n) is 11.9. The molecule has 0 spiro atoms. The second kappa shape index (κ2) is 5.87. The maximum atomic E-state index is 12.0. The number of anilines is 1. The van der Waals surface area contributed by atoms with Crippen LogP contribution in [0.25, 0.3) is 0 Å². The average Bonchev–Trinajstić information content (AvgIpc) is 2.92. The molecule has 1 aliphatic rings. The lowest BCUT2D eigenvalue weighted by Crippen LogP contribution is -2.45. The summed E-state index contributed by atoms with van der Waals surface area (Å²) in [6.45, 7) is 1.96. The Kier molecular flexibility index (Phi) is 3.77. The van der Waals surface area contributed by atoms with Gasteiger partial charge in [-0.2, -0.15) is 0 Å². The first-order chi connectivity index (χ1) is 10.2. The third-order valence-electron chi connectivity index (χ3n) is 3.62. The van der Waals surface area contributed by atoms with E-state index in [0.717, 1.165) is 17.9 Å². The molecule has 0 saturated carbocycles. The van der Waals surface area contributed by atoms with E-state index in [1.54, 1.807) is 0 Å². The zero-order chi connectivity index (χ0) is 14.7. The summed E-state index contributed by atoms with van der Waals surface area (Å²) < 4.78 is 5.88. The number of hydrogen-bond acceptors (Lipinski definition) is 2. The molecule has 2 aromatic rings. The fourth-order valence-electron chi connectivity index (χ4n) is 2.48. The van der Waals surface area contributed by atoms with E-state index in [-0.39, 0.29) is 18.2 Å². The number of carbonyl (C=O) groups is 1. The van der Waals surface area contributed by atoms with Crippen molar-refractivity contribution in [1.29, 1.82) is 0 Å². The molecule has 0 saturated heterocycles. The van der Waals surface area contributed by atoms with E-state index in [4.69, 9.17) is 4.74 Å². The van der Waals surface area contributed by atoms with Gasteiger partial charge in [0.25, 0.3) is 0 Å². The molecular weight excluding hydrogens is 264 g/mol. The van der Waals surface area contributed by atoms with E-state index in [0.29, 0.717) is 0 Å². The minimum Gasteiger partial charge on any atom is -0.488 e. The molecule has 21 heavy (non-hydrogen) atoms. The molecule has 2 unspecified atom stereocenters. The SMILES string of the molecule is CC(NC(=O)Nc1ccccc1)C1Cc2ccccc2O1. The van der Waals surface area contributed by atoms with Crippen LogP contribution in [0.1, 0.15) is 12.5 Å². The van der Waals surface area contributed by atoms with Gasteiger partial charge < -0.3 is 15.4 Å². The highest BCUT2D eigenvalue weighted by Gasteiger charge is 2.28. The summed E-state index contributed by atoms with van der Waals surface area (Å²) in [5, 5.41) is 5.74. The molecule has 0 radical (unpaired) electrons. The third kappa shape index (κ3) is 3.16. The van der Waals surface area contributed by atoms with Crippen LogP contribution in [0.2, 0.25) is 0 Å². The van der Waals surface area contributed by atoms with Gasteiger partial charge in [-0.05, 0) is 30.7 Å². The van der Waals surface area contributed by atoms with Crippen LogP contribution in [0.4, 0.5) is 10.5 Å². The first-order valence-electron chi connectivity index (χ1n) is 7.09. The van der Waals surface area contributed by atoms with E-state index in [9.17, 15) is 4.79 Å². The summed E-state index contributed by atoms with van der Waals surface area (Å²) in [5.74, 6) is 0.916. The van der Waals surface area contributed by atoms with E-state index < -0.39 is 0 Å². The van der Waals surface area contributed by atoms with Crippen LogP contribution in [-0.4, -0.2) is 18.2 Å². The molecular formula is C17H18N2O2. The smallest absolute Gasteiger partial charge is 0.319 e. The van der Waals surface area contributed by atoms with Crippen LogP contribution in [0, 0.1) is 0 Å². The molecule has 108 valence electrons. The van der Waals surface area contributed by atoms with Crippen LogP contribution in [0.5, 0.6) is 5.75 Å². The first kappa shape index (κ1) is 13.5. The molecule has 0 aromatic heterocycles. The third-order valence-corrected chi connectivity index (χ3v) is 3.62. The molecule has 2 N–H and O–H groups in total. The summed E-state index contributed by atoms with van der Waals surface area (Å²) in [6, 6.07) is 17.1. The Bertz CT molecular complexity index is 603. The molecule has 3 rings (SSSR count). The zero-order valence-corrected chi connectivity index (χ0v) is 11.9. The largest absolute Gasteiger partial charge is 0.488 e. The van der Waals surface area contributed by atoms with E-state index >= 15 is 0 Å². The van der Waals surface area contributed by atoms with Crippen LogP contribution < -0.4 is 15.4 Å². The summed E-state index contributed by atoms with van der Waals surface area (Å²) in [6.07, 6.45) is 0.798. The van der Waals surface area contributed by atoms with Gasteiger partial charge >= 0.3 is 6.03 Å². The summed E-state index contributed by atoms with van der Waals surface area (Å²) >= 11 is 0. The van der Waals surface area contributed by atoms with Crippen molar-refractivity contribution >= 4 is 11.7 Å². The van der Waals surface area contributed by atoms with Crippen LogP contribution in [-0.2, 0) is 6.42 Å². The van der Waals surface area contributed by atoms with Gasteiger partial charge in [-0.1, -0.05) is 36.4 Å². The maximum absolute atomic E-state index is 12.0. The second-order valence-electron chi connectivity index (χ2n) is 5.22. The van der Waals surface area contributed by atoms with Crippen molar-refractivity contribution in [2.45, 2.75) is 25.5 Å². The molecule has 0 fully saturated rings. The number of nitrogens with one attached hydrogen (secondary N) is 2. The van der Waals surface area contributed by atoms with E-state index in [2.05, 4.69) is 16.7 Å². The topological polar surface area (TPSA) is 50.4 Å². The molecule has 1 heterocycles.